The van der Waals surface area contributed by atoms with E-state index >= 15 is 0 Å². The highest BCUT2D eigenvalue weighted by atomic mass is 35.5. The first kappa shape index (κ1) is 12.8. The van der Waals surface area contributed by atoms with Crippen LogP contribution in [0.4, 0.5) is 17.1 Å². The molecule has 0 radical (unpaired) electrons. The number of halogens is 1. The number of aryl methyl sites for hydroxylation is 1. The third-order valence-corrected chi connectivity index (χ3v) is 3.25. The van der Waals surface area contributed by atoms with Crippen LogP contribution in [0.1, 0.15) is 12.5 Å². The Balaban J connectivity index is 2.48. The molecule has 2 rings (SSSR count). The van der Waals surface area contributed by atoms with Crippen molar-refractivity contribution in [1.82, 2.24) is 0 Å². The Morgan fingerprint density at radius 2 is 1.78 bits per heavy atom. The number of benzene rings is 2. The quantitative estimate of drug-likeness (QED) is 0.830. The second kappa shape index (κ2) is 5.32. The van der Waals surface area contributed by atoms with E-state index in [9.17, 15) is 0 Å². The number of nitrogens with two attached hydrogens (primary N) is 1. The average Bonchev–Trinajstić information content (AvgIpc) is 2.35. The topological polar surface area (TPSA) is 29.3 Å². The van der Waals surface area contributed by atoms with Gasteiger partial charge >= 0.3 is 0 Å². The third-order valence-electron chi connectivity index (χ3n) is 2.95. The summed E-state index contributed by atoms with van der Waals surface area (Å²) in [6.45, 7) is 4.98. The molecule has 0 aliphatic heterocycles. The number of anilines is 3. The monoisotopic (exact) mass is 260 g/mol. The van der Waals surface area contributed by atoms with Crippen LogP contribution in [-0.2, 0) is 0 Å². The lowest BCUT2D eigenvalue weighted by molar-refractivity contribution is 1.02. The van der Waals surface area contributed by atoms with Crippen LogP contribution in [0.3, 0.4) is 0 Å². The van der Waals surface area contributed by atoms with Crippen molar-refractivity contribution in [1.29, 1.82) is 0 Å². The minimum absolute atomic E-state index is 0.678. The minimum atomic E-state index is 0.678. The van der Waals surface area contributed by atoms with Gasteiger partial charge in [-0.15, -0.1) is 0 Å². The second-order valence-corrected chi connectivity index (χ2v) is 4.66. The lowest BCUT2D eigenvalue weighted by Gasteiger charge is -2.26. The van der Waals surface area contributed by atoms with Crippen LogP contribution >= 0.6 is 11.6 Å². The van der Waals surface area contributed by atoms with Gasteiger partial charge in [0.2, 0.25) is 0 Å². The number of nitrogens with zero attached hydrogens (tertiary/aromatic N) is 1. The molecule has 2 aromatic carbocycles. The van der Waals surface area contributed by atoms with Crippen LogP contribution < -0.4 is 10.6 Å². The first-order chi connectivity index (χ1) is 8.63. The maximum Gasteiger partial charge on any atom is 0.0833 e. The molecule has 0 heterocycles. The molecule has 0 spiro atoms. The van der Waals surface area contributed by atoms with Crippen LogP contribution in [0, 0.1) is 6.92 Å². The fourth-order valence-electron chi connectivity index (χ4n) is 2.01. The molecule has 0 saturated heterocycles. The van der Waals surface area contributed by atoms with Crippen molar-refractivity contribution in [2.45, 2.75) is 13.8 Å². The van der Waals surface area contributed by atoms with Crippen molar-refractivity contribution >= 4 is 28.7 Å². The van der Waals surface area contributed by atoms with E-state index in [0.717, 1.165) is 17.9 Å². The molecule has 0 amide bonds. The molecule has 94 valence electrons. The Morgan fingerprint density at radius 3 is 2.33 bits per heavy atom. The van der Waals surface area contributed by atoms with E-state index in [0.29, 0.717) is 10.7 Å². The normalized spacial score (nSPS) is 10.4. The fraction of sp³-hybridized carbons (Fsp3) is 0.200. The number of hydrogen-bond acceptors (Lipinski definition) is 2. The fourth-order valence-corrected chi connectivity index (χ4v) is 2.30. The molecule has 18 heavy (non-hydrogen) atoms. The molecule has 2 N–H and O–H groups in total. The summed E-state index contributed by atoms with van der Waals surface area (Å²) < 4.78 is 0. The van der Waals surface area contributed by atoms with Crippen molar-refractivity contribution in [3.8, 4) is 0 Å². The zero-order chi connectivity index (χ0) is 13.1. The zero-order valence-corrected chi connectivity index (χ0v) is 11.4. The van der Waals surface area contributed by atoms with Gasteiger partial charge in [-0.1, -0.05) is 35.4 Å². The maximum absolute atomic E-state index is 6.26. The first-order valence-electron chi connectivity index (χ1n) is 6.01. The second-order valence-electron chi connectivity index (χ2n) is 4.26. The van der Waals surface area contributed by atoms with Gasteiger partial charge < -0.3 is 10.6 Å². The van der Waals surface area contributed by atoms with Gasteiger partial charge in [0.1, 0.15) is 0 Å². The molecule has 0 atom stereocenters. The highest BCUT2D eigenvalue weighted by Crippen LogP contribution is 2.36. The van der Waals surface area contributed by atoms with Crippen molar-refractivity contribution < 1.29 is 0 Å². The molecular weight excluding hydrogens is 244 g/mol. The third kappa shape index (κ3) is 2.44. The maximum atomic E-state index is 6.26. The molecule has 0 saturated carbocycles. The van der Waals surface area contributed by atoms with Gasteiger partial charge in [-0.25, -0.2) is 0 Å². The molecule has 0 aromatic heterocycles. The summed E-state index contributed by atoms with van der Waals surface area (Å²) in [5.41, 5.74) is 9.96. The number of hydrogen-bond donors (Lipinski definition) is 1. The van der Waals surface area contributed by atoms with E-state index in [1.807, 2.05) is 18.2 Å². The van der Waals surface area contributed by atoms with Crippen LogP contribution in [-0.4, -0.2) is 6.54 Å². The van der Waals surface area contributed by atoms with Crippen LogP contribution in [0.15, 0.2) is 42.5 Å². The largest absolute Gasteiger partial charge is 0.397 e. The van der Waals surface area contributed by atoms with Gasteiger partial charge in [0.15, 0.2) is 0 Å². The summed E-state index contributed by atoms with van der Waals surface area (Å²) in [6, 6.07) is 13.9. The van der Waals surface area contributed by atoms with Crippen molar-refractivity contribution in [3.63, 3.8) is 0 Å². The number of rotatable bonds is 3. The summed E-state index contributed by atoms with van der Waals surface area (Å²) >= 11 is 6.26. The predicted molar refractivity (Wildman–Crippen MR) is 79.7 cm³/mol. The van der Waals surface area contributed by atoms with Crippen molar-refractivity contribution in [2.75, 3.05) is 17.2 Å². The highest BCUT2D eigenvalue weighted by Gasteiger charge is 2.13. The standard InChI is InChI=1S/C15H17ClN2/c1-3-18(12-9-7-11(2)8-10-12)15-13(16)5-4-6-14(15)17/h4-10H,3,17H2,1-2H3. The van der Waals surface area contributed by atoms with E-state index in [1.54, 1.807) is 0 Å². The van der Waals surface area contributed by atoms with Gasteiger partial charge in [0, 0.05) is 12.2 Å². The molecule has 2 nitrogen and oxygen atoms in total. The molecular formula is C15H17ClN2. The van der Waals surface area contributed by atoms with Crippen molar-refractivity contribution in [3.05, 3.63) is 53.1 Å². The Hall–Kier alpha value is -1.67. The summed E-state index contributed by atoms with van der Waals surface area (Å²) in [6.07, 6.45) is 0. The van der Waals surface area contributed by atoms with Crippen molar-refractivity contribution in [2.24, 2.45) is 0 Å². The lowest BCUT2D eigenvalue weighted by atomic mass is 10.2. The first-order valence-corrected chi connectivity index (χ1v) is 6.39. The predicted octanol–water partition coefficient (Wildman–Crippen LogP) is 4.39. The molecule has 0 bridgehead atoms. The summed E-state index contributed by atoms with van der Waals surface area (Å²) in [4.78, 5) is 2.12. The Labute approximate surface area is 113 Å². The summed E-state index contributed by atoms with van der Waals surface area (Å²) in [5.74, 6) is 0. The SMILES string of the molecule is CCN(c1ccc(C)cc1)c1c(N)cccc1Cl. The van der Waals surface area contributed by atoms with Gasteiger partial charge in [0.05, 0.1) is 16.4 Å². The van der Waals surface area contributed by atoms with Crippen LogP contribution in [0.2, 0.25) is 5.02 Å². The molecule has 0 unspecified atom stereocenters. The Bertz CT molecular complexity index is 514. The van der Waals surface area contributed by atoms with Gasteiger partial charge in [-0.2, -0.15) is 0 Å². The van der Waals surface area contributed by atoms with E-state index in [-0.39, 0.29) is 0 Å². The molecule has 0 aliphatic carbocycles. The van der Waals surface area contributed by atoms with Crippen LogP contribution in [0.25, 0.3) is 0 Å². The lowest BCUT2D eigenvalue weighted by Crippen LogP contribution is -2.17. The zero-order valence-electron chi connectivity index (χ0n) is 10.7. The average molecular weight is 261 g/mol. The van der Waals surface area contributed by atoms with E-state index in [4.69, 9.17) is 17.3 Å². The van der Waals surface area contributed by atoms with Gasteiger partial charge in [0.25, 0.3) is 0 Å². The summed E-state index contributed by atoms with van der Waals surface area (Å²) in [7, 11) is 0. The molecule has 0 fully saturated rings. The summed E-state index contributed by atoms with van der Waals surface area (Å²) in [5, 5.41) is 0.678. The van der Waals surface area contributed by atoms with Crippen LogP contribution in [0.5, 0.6) is 0 Å². The molecule has 3 heteroatoms. The number of nitrogen functional groups attached to an aromatic ring is 1. The Morgan fingerprint density at radius 1 is 1.11 bits per heavy atom. The smallest absolute Gasteiger partial charge is 0.0833 e. The van der Waals surface area contributed by atoms with Gasteiger partial charge in [-0.3, -0.25) is 0 Å². The minimum Gasteiger partial charge on any atom is -0.397 e. The highest BCUT2D eigenvalue weighted by molar-refractivity contribution is 6.34. The van der Waals surface area contributed by atoms with Gasteiger partial charge in [-0.05, 0) is 38.1 Å². The Kier molecular flexibility index (Phi) is 3.78. The van der Waals surface area contributed by atoms with E-state index in [2.05, 4.69) is 43.0 Å². The molecule has 0 aliphatic rings. The van der Waals surface area contributed by atoms with E-state index < -0.39 is 0 Å². The number of para-hydroxylation sites is 1. The van der Waals surface area contributed by atoms with E-state index in [1.165, 1.54) is 5.56 Å². The molecule has 2 aromatic rings.